The summed E-state index contributed by atoms with van der Waals surface area (Å²) in [6, 6.07) is 11.4. The van der Waals surface area contributed by atoms with Crippen molar-refractivity contribution in [2.24, 2.45) is 0 Å². The predicted molar refractivity (Wildman–Crippen MR) is 100 cm³/mol. The summed E-state index contributed by atoms with van der Waals surface area (Å²) in [5, 5.41) is 13.8. The number of fused-ring (bicyclic) bond motifs is 3. The van der Waals surface area contributed by atoms with Crippen molar-refractivity contribution >= 4 is 42.2 Å². The molecule has 0 amide bonds. The van der Waals surface area contributed by atoms with Crippen LogP contribution in [0.2, 0.25) is 0 Å². The number of benzene rings is 2. The van der Waals surface area contributed by atoms with Crippen molar-refractivity contribution in [3.05, 3.63) is 58.2 Å². The van der Waals surface area contributed by atoms with Gasteiger partial charge in [0.25, 0.3) is 5.56 Å². The molecule has 0 aliphatic rings. The number of aromatic nitrogens is 1. The molecule has 7 heteroatoms. The summed E-state index contributed by atoms with van der Waals surface area (Å²) in [6.07, 6.45) is 1.15. The Morgan fingerprint density at radius 3 is 2.44 bits per heavy atom. The van der Waals surface area contributed by atoms with E-state index in [1.165, 1.54) is 29.5 Å². The van der Waals surface area contributed by atoms with E-state index in [0.717, 1.165) is 17.0 Å². The van der Waals surface area contributed by atoms with Gasteiger partial charge in [0, 0.05) is 28.1 Å². The van der Waals surface area contributed by atoms with Crippen LogP contribution in [0.15, 0.2) is 57.5 Å². The Hall–Kier alpha value is -2.64. The normalized spacial score (nSPS) is 12.0. The van der Waals surface area contributed by atoms with E-state index in [1.54, 1.807) is 18.2 Å². The van der Waals surface area contributed by atoms with Crippen molar-refractivity contribution in [3.63, 3.8) is 0 Å². The summed E-state index contributed by atoms with van der Waals surface area (Å²) in [5.74, 6) is 0.0687. The molecule has 2 N–H and O–H groups in total. The number of thiophene rings is 1. The first kappa shape index (κ1) is 15.9. The first-order valence-corrected chi connectivity index (χ1v) is 10.2. The molecule has 0 aliphatic carbocycles. The molecule has 0 bridgehead atoms. The maximum Gasteiger partial charge on any atom is 0.266 e. The molecule has 25 heavy (non-hydrogen) atoms. The lowest BCUT2D eigenvalue weighted by Crippen LogP contribution is -2.04. The van der Waals surface area contributed by atoms with Crippen molar-refractivity contribution in [2.75, 3.05) is 6.26 Å². The number of H-pyrrole nitrogens is 1. The third-order valence-electron chi connectivity index (χ3n) is 4.14. The molecular weight excluding hydrogens is 358 g/mol. The van der Waals surface area contributed by atoms with Crippen LogP contribution in [0, 0.1) is 0 Å². The van der Waals surface area contributed by atoms with Crippen LogP contribution in [-0.4, -0.2) is 24.8 Å². The predicted octanol–water partition coefficient (Wildman–Crippen LogP) is 3.52. The number of aromatic hydroxyl groups is 1. The number of nitrogens with one attached hydrogen (secondary N) is 1. The zero-order valence-corrected chi connectivity index (χ0v) is 14.7. The molecule has 0 saturated carbocycles. The SMILES string of the molecule is CS(=O)(=O)c1ccc(-c2c(O)ccc3[nH]c(=O)c4sccc4c23)cc1. The largest absolute Gasteiger partial charge is 0.507 e. The summed E-state index contributed by atoms with van der Waals surface area (Å²) >= 11 is 1.34. The fourth-order valence-corrected chi connectivity index (χ4v) is 4.42. The molecule has 0 radical (unpaired) electrons. The average Bonchev–Trinajstić information content (AvgIpc) is 3.05. The number of rotatable bonds is 2. The van der Waals surface area contributed by atoms with Crippen molar-refractivity contribution in [1.82, 2.24) is 4.98 Å². The van der Waals surface area contributed by atoms with E-state index >= 15 is 0 Å². The zero-order valence-electron chi connectivity index (χ0n) is 13.1. The van der Waals surface area contributed by atoms with E-state index in [9.17, 15) is 18.3 Å². The lowest BCUT2D eigenvalue weighted by molar-refractivity contribution is 0.478. The molecular formula is C18H13NO4S2. The van der Waals surface area contributed by atoms with Crippen molar-refractivity contribution < 1.29 is 13.5 Å². The monoisotopic (exact) mass is 371 g/mol. The highest BCUT2D eigenvalue weighted by molar-refractivity contribution is 7.90. The van der Waals surface area contributed by atoms with Crippen molar-refractivity contribution in [1.29, 1.82) is 0 Å². The number of phenolic OH excluding ortho intramolecular Hbond substituents is 1. The highest BCUT2D eigenvalue weighted by atomic mass is 32.2. The molecule has 2 aromatic heterocycles. The average molecular weight is 371 g/mol. The standard InChI is InChI=1S/C18H13NO4S2/c1-25(22,23)11-4-2-10(3-5-11)15-14(20)7-6-13-16(15)12-8-9-24-17(12)18(21)19-13/h2-9,20H,1H3,(H,19,21). The smallest absolute Gasteiger partial charge is 0.266 e. The molecule has 126 valence electrons. The van der Waals surface area contributed by atoms with Gasteiger partial charge in [0.15, 0.2) is 9.84 Å². The second kappa shape index (κ2) is 5.44. The van der Waals surface area contributed by atoms with Gasteiger partial charge in [-0.3, -0.25) is 4.79 Å². The third-order valence-corrected chi connectivity index (χ3v) is 6.19. The molecule has 5 nitrogen and oxygen atoms in total. The van der Waals surface area contributed by atoms with Gasteiger partial charge >= 0.3 is 0 Å². The summed E-state index contributed by atoms with van der Waals surface area (Å²) in [7, 11) is -3.29. The first-order valence-electron chi connectivity index (χ1n) is 7.42. The van der Waals surface area contributed by atoms with Gasteiger partial charge in [-0.25, -0.2) is 8.42 Å². The van der Waals surface area contributed by atoms with Crippen LogP contribution in [0.4, 0.5) is 0 Å². The van der Waals surface area contributed by atoms with E-state index in [1.807, 2.05) is 11.4 Å². The lowest BCUT2D eigenvalue weighted by Gasteiger charge is -2.11. The number of phenols is 1. The van der Waals surface area contributed by atoms with E-state index in [4.69, 9.17) is 0 Å². The Morgan fingerprint density at radius 2 is 1.76 bits per heavy atom. The van der Waals surface area contributed by atoms with Crippen LogP contribution >= 0.6 is 11.3 Å². The van der Waals surface area contributed by atoms with E-state index < -0.39 is 9.84 Å². The molecule has 0 saturated heterocycles. The van der Waals surface area contributed by atoms with Crippen LogP contribution in [0.3, 0.4) is 0 Å². The Labute approximate surface area is 147 Å². The maximum absolute atomic E-state index is 12.2. The second-order valence-electron chi connectivity index (χ2n) is 5.80. The summed E-state index contributed by atoms with van der Waals surface area (Å²) < 4.78 is 23.9. The lowest BCUT2D eigenvalue weighted by atomic mass is 9.97. The second-order valence-corrected chi connectivity index (χ2v) is 8.73. The molecule has 0 aliphatic heterocycles. The van der Waals surface area contributed by atoms with Crippen LogP contribution in [0.5, 0.6) is 5.75 Å². The van der Waals surface area contributed by atoms with Gasteiger partial charge in [0.05, 0.1) is 4.90 Å². The minimum Gasteiger partial charge on any atom is -0.507 e. The third kappa shape index (κ3) is 2.52. The molecule has 4 aromatic rings. The van der Waals surface area contributed by atoms with Gasteiger partial charge in [-0.15, -0.1) is 11.3 Å². The van der Waals surface area contributed by atoms with Crippen LogP contribution in [0.25, 0.3) is 32.1 Å². The Morgan fingerprint density at radius 1 is 1.04 bits per heavy atom. The molecule has 0 fully saturated rings. The molecule has 2 aromatic carbocycles. The summed E-state index contributed by atoms with van der Waals surface area (Å²) in [6.45, 7) is 0. The fraction of sp³-hybridized carbons (Fsp3) is 0.0556. The van der Waals surface area contributed by atoms with E-state index in [2.05, 4.69) is 4.98 Å². The summed E-state index contributed by atoms with van der Waals surface area (Å²) in [4.78, 5) is 15.2. The van der Waals surface area contributed by atoms with Crippen molar-refractivity contribution in [2.45, 2.75) is 4.90 Å². The Kier molecular flexibility index (Phi) is 3.45. The minimum atomic E-state index is -3.29. The van der Waals surface area contributed by atoms with Crippen LogP contribution < -0.4 is 5.56 Å². The zero-order chi connectivity index (χ0) is 17.8. The highest BCUT2D eigenvalue weighted by Crippen LogP contribution is 2.39. The molecule has 2 heterocycles. The van der Waals surface area contributed by atoms with E-state index in [0.29, 0.717) is 21.3 Å². The molecule has 0 unspecified atom stereocenters. The van der Waals surface area contributed by atoms with Gasteiger partial charge in [-0.1, -0.05) is 12.1 Å². The number of hydrogen-bond donors (Lipinski definition) is 2. The molecule has 0 spiro atoms. The summed E-state index contributed by atoms with van der Waals surface area (Å²) in [5.41, 5.74) is 1.70. The number of pyridine rings is 1. The fourth-order valence-electron chi connectivity index (χ4n) is 3.00. The highest BCUT2D eigenvalue weighted by Gasteiger charge is 2.16. The van der Waals surface area contributed by atoms with E-state index in [-0.39, 0.29) is 16.2 Å². The number of sulfone groups is 1. The van der Waals surface area contributed by atoms with Gasteiger partial charge in [0.2, 0.25) is 0 Å². The van der Waals surface area contributed by atoms with Gasteiger partial charge in [-0.2, -0.15) is 0 Å². The van der Waals surface area contributed by atoms with Crippen LogP contribution in [0.1, 0.15) is 0 Å². The molecule has 4 rings (SSSR count). The number of aromatic amines is 1. The molecule has 0 atom stereocenters. The topological polar surface area (TPSA) is 87.2 Å². The Balaban J connectivity index is 2.09. The number of hydrogen-bond acceptors (Lipinski definition) is 5. The first-order chi connectivity index (χ1) is 11.9. The van der Waals surface area contributed by atoms with Gasteiger partial charge in [-0.05, 0) is 41.3 Å². The van der Waals surface area contributed by atoms with Crippen LogP contribution in [-0.2, 0) is 9.84 Å². The Bertz CT molecular complexity index is 1280. The minimum absolute atomic E-state index is 0.0687. The van der Waals surface area contributed by atoms with Crippen molar-refractivity contribution in [3.8, 4) is 16.9 Å². The quantitative estimate of drug-likeness (QED) is 0.564. The van der Waals surface area contributed by atoms with Gasteiger partial charge in [0.1, 0.15) is 10.4 Å². The van der Waals surface area contributed by atoms with Gasteiger partial charge < -0.3 is 10.1 Å². The maximum atomic E-state index is 12.2.